The SMILES string of the molecule is CS(=O)(=O)c1ccc(-c2ccccc2)c(-c2ccc(C(F)(F)F)cc2)c1. The molecule has 6 heteroatoms. The number of hydrogen-bond donors (Lipinski definition) is 0. The molecule has 0 N–H and O–H groups in total. The van der Waals surface area contributed by atoms with Crippen LogP contribution in [-0.4, -0.2) is 14.7 Å². The molecule has 0 unspecified atom stereocenters. The zero-order valence-corrected chi connectivity index (χ0v) is 14.6. The van der Waals surface area contributed by atoms with Crippen LogP contribution >= 0.6 is 0 Å². The highest BCUT2D eigenvalue weighted by atomic mass is 32.2. The summed E-state index contributed by atoms with van der Waals surface area (Å²) in [5.74, 6) is 0. The van der Waals surface area contributed by atoms with E-state index in [0.29, 0.717) is 11.1 Å². The van der Waals surface area contributed by atoms with Crippen molar-refractivity contribution in [2.45, 2.75) is 11.1 Å². The van der Waals surface area contributed by atoms with Gasteiger partial charge in [0.05, 0.1) is 10.5 Å². The van der Waals surface area contributed by atoms with Crippen LogP contribution in [0.5, 0.6) is 0 Å². The van der Waals surface area contributed by atoms with Crippen molar-refractivity contribution in [3.63, 3.8) is 0 Å². The smallest absolute Gasteiger partial charge is 0.224 e. The van der Waals surface area contributed by atoms with Crippen LogP contribution in [0.15, 0.2) is 77.7 Å². The van der Waals surface area contributed by atoms with E-state index in [1.54, 1.807) is 6.07 Å². The molecular weight excluding hydrogens is 361 g/mol. The lowest BCUT2D eigenvalue weighted by molar-refractivity contribution is -0.137. The second kappa shape index (κ2) is 6.61. The van der Waals surface area contributed by atoms with E-state index in [-0.39, 0.29) is 4.90 Å². The molecule has 0 aliphatic heterocycles. The van der Waals surface area contributed by atoms with Crippen molar-refractivity contribution in [1.82, 2.24) is 0 Å². The Morgan fingerprint density at radius 2 is 1.31 bits per heavy atom. The first-order valence-electron chi connectivity index (χ1n) is 7.73. The molecule has 26 heavy (non-hydrogen) atoms. The average Bonchev–Trinajstić information content (AvgIpc) is 2.60. The molecule has 0 saturated carbocycles. The maximum Gasteiger partial charge on any atom is 0.416 e. The average molecular weight is 376 g/mol. The molecule has 0 heterocycles. The van der Waals surface area contributed by atoms with Gasteiger partial charge in [-0.05, 0) is 46.5 Å². The number of hydrogen-bond acceptors (Lipinski definition) is 2. The minimum Gasteiger partial charge on any atom is -0.224 e. The van der Waals surface area contributed by atoms with Crippen molar-refractivity contribution in [3.05, 3.63) is 78.4 Å². The van der Waals surface area contributed by atoms with Crippen molar-refractivity contribution >= 4 is 9.84 Å². The van der Waals surface area contributed by atoms with Gasteiger partial charge in [0.1, 0.15) is 0 Å². The van der Waals surface area contributed by atoms with Crippen molar-refractivity contribution in [1.29, 1.82) is 0 Å². The maximum absolute atomic E-state index is 12.8. The first-order valence-corrected chi connectivity index (χ1v) is 9.62. The molecule has 0 bridgehead atoms. The molecule has 3 aromatic carbocycles. The molecule has 0 spiro atoms. The Balaban J connectivity index is 2.20. The Morgan fingerprint density at radius 3 is 1.85 bits per heavy atom. The lowest BCUT2D eigenvalue weighted by Crippen LogP contribution is -2.04. The van der Waals surface area contributed by atoms with Gasteiger partial charge in [-0.3, -0.25) is 0 Å². The third-order valence-corrected chi connectivity index (χ3v) is 5.14. The van der Waals surface area contributed by atoms with Gasteiger partial charge in [-0.1, -0.05) is 48.5 Å². The van der Waals surface area contributed by atoms with E-state index < -0.39 is 21.6 Å². The van der Waals surface area contributed by atoms with Gasteiger partial charge >= 0.3 is 6.18 Å². The van der Waals surface area contributed by atoms with Crippen molar-refractivity contribution in [2.24, 2.45) is 0 Å². The molecule has 0 aliphatic carbocycles. The molecule has 0 radical (unpaired) electrons. The summed E-state index contributed by atoms with van der Waals surface area (Å²) < 4.78 is 62.2. The fourth-order valence-corrected chi connectivity index (χ4v) is 3.35. The Bertz CT molecular complexity index is 1020. The number of benzene rings is 3. The highest BCUT2D eigenvalue weighted by Crippen LogP contribution is 2.36. The van der Waals surface area contributed by atoms with E-state index in [1.807, 2.05) is 30.3 Å². The lowest BCUT2D eigenvalue weighted by Gasteiger charge is -2.13. The summed E-state index contributed by atoms with van der Waals surface area (Å²) in [6, 6.07) is 18.7. The molecule has 3 aromatic rings. The fraction of sp³-hybridized carbons (Fsp3) is 0.100. The Labute approximate surface area is 149 Å². The highest BCUT2D eigenvalue weighted by molar-refractivity contribution is 7.90. The van der Waals surface area contributed by atoms with E-state index in [2.05, 4.69) is 0 Å². The van der Waals surface area contributed by atoms with E-state index in [9.17, 15) is 21.6 Å². The van der Waals surface area contributed by atoms with Crippen LogP contribution in [0.1, 0.15) is 5.56 Å². The minimum absolute atomic E-state index is 0.118. The van der Waals surface area contributed by atoms with Crippen LogP contribution in [0.3, 0.4) is 0 Å². The quantitative estimate of drug-likeness (QED) is 0.610. The van der Waals surface area contributed by atoms with E-state index in [4.69, 9.17) is 0 Å². The third-order valence-electron chi connectivity index (χ3n) is 4.03. The van der Waals surface area contributed by atoms with Gasteiger partial charge in [0, 0.05) is 6.26 Å². The molecule has 0 saturated heterocycles. The normalized spacial score (nSPS) is 12.2. The Morgan fingerprint density at radius 1 is 0.731 bits per heavy atom. The molecule has 0 aromatic heterocycles. The monoisotopic (exact) mass is 376 g/mol. The summed E-state index contributed by atoms with van der Waals surface area (Å²) in [4.78, 5) is 0.118. The van der Waals surface area contributed by atoms with E-state index in [1.165, 1.54) is 24.3 Å². The van der Waals surface area contributed by atoms with Crippen LogP contribution in [0.4, 0.5) is 13.2 Å². The van der Waals surface area contributed by atoms with Crippen LogP contribution in [0.25, 0.3) is 22.3 Å². The maximum atomic E-state index is 12.8. The Kier molecular flexibility index (Phi) is 4.63. The van der Waals surface area contributed by atoms with Crippen LogP contribution in [0.2, 0.25) is 0 Å². The number of alkyl halides is 3. The number of sulfone groups is 1. The van der Waals surface area contributed by atoms with Crippen molar-refractivity contribution in [2.75, 3.05) is 6.26 Å². The second-order valence-corrected chi connectivity index (χ2v) is 7.94. The number of halogens is 3. The standard InChI is InChI=1S/C20H15F3O2S/c1-26(24,25)17-11-12-18(14-5-3-2-4-6-14)19(13-17)15-7-9-16(10-8-15)20(21,22)23/h2-13H,1H3. The summed E-state index contributed by atoms with van der Waals surface area (Å²) in [6.45, 7) is 0. The van der Waals surface area contributed by atoms with Gasteiger partial charge in [0.2, 0.25) is 0 Å². The van der Waals surface area contributed by atoms with Crippen LogP contribution in [0, 0.1) is 0 Å². The second-order valence-electron chi connectivity index (χ2n) is 5.92. The van der Waals surface area contributed by atoms with Crippen molar-refractivity contribution in [3.8, 4) is 22.3 Å². The van der Waals surface area contributed by atoms with Gasteiger partial charge in [-0.25, -0.2) is 8.42 Å². The lowest BCUT2D eigenvalue weighted by atomic mass is 9.94. The molecule has 0 fully saturated rings. The molecule has 0 amide bonds. The highest BCUT2D eigenvalue weighted by Gasteiger charge is 2.30. The molecule has 134 valence electrons. The van der Waals surface area contributed by atoms with Crippen molar-refractivity contribution < 1.29 is 21.6 Å². The summed E-state index contributed by atoms with van der Waals surface area (Å²) in [5, 5.41) is 0. The van der Waals surface area contributed by atoms with Crippen LogP contribution < -0.4 is 0 Å². The van der Waals surface area contributed by atoms with Gasteiger partial charge < -0.3 is 0 Å². The predicted octanol–water partition coefficient (Wildman–Crippen LogP) is 5.44. The van der Waals surface area contributed by atoms with Gasteiger partial charge in [0.15, 0.2) is 9.84 Å². The zero-order valence-electron chi connectivity index (χ0n) is 13.8. The topological polar surface area (TPSA) is 34.1 Å². The first kappa shape index (κ1) is 18.2. The first-order chi connectivity index (χ1) is 12.2. The largest absolute Gasteiger partial charge is 0.416 e. The fourth-order valence-electron chi connectivity index (χ4n) is 2.70. The Hall–Kier alpha value is -2.60. The predicted molar refractivity (Wildman–Crippen MR) is 95.4 cm³/mol. The molecule has 0 atom stereocenters. The van der Waals surface area contributed by atoms with E-state index >= 15 is 0 Å². The summed E-state index contributed by atoms with van der Waals surface area (Å²) in [5.41, 5.74) is 1.93. The van der Waals surface area contributed by atoms with Gasteiger partial charge in [0.25, 0.3) is 0 Å². The molecule has 2 nitrogen and oxygen atoms in total. The zero-order chi connectivity index (χ0) is 18.9. The molecule has 3 rings (SSSR count). The minimum atomic E-state index is -4.42. The third kappa shape index (κ3) is 3.80. The van der Waals surface area contributed by atoms with Gasteiger partial charge in [-0.15, -0.1) is 0 Å². The molecule has 0 aliphatic rings. The molecular formula is C20H15F3O2S. The van der Waals surface area contributed by atoms with Gasteiger partial charge in [-0.2, -0.15) is 13.2 Å². The summed E-state index contributed by atoms with van der Waals surface area (Å²) in [7, 11) is -3.44. The summed E-state index contributed by atoms with van der Waals surface area (Å²) in [6.07, 6.45) is -3.32. The summed E-state index contributed by atoms with van der Waals surface area (Å²) >= 11 is 0. The number of rotatable bonds is 3. The van der Waals surface area contributed by atoms with Crippen LogP contribution in [-0.2, 0) is 16.0 Å². The van der Waals surface area contributed by atoms with E-state index in [0.717, 1.165) is 29.5 Å².